The van der Waals surface area contributed by atoms with E-state index in [4.69, 9.17) is 16.3 Å². The van der Waals surface area contributed by atoms with Crippen LogP contribution in [-0.4, -0.2) is 53.2 Å². The van der Waals surface area contributed by atoms with E-state index in [1.54, 1.807) is 0 Å². The molecule has 0 saturated carbocycles. The first-order valence-electron chi connectivity index (χ1n) is 9.49. The van der Waals surface area contributed by atoms with Crippen molar-refractivity contribution in [3.8, 4) is 0 Å². The molecule has 1 aromatic carbocycles. The molecule has 0 aromatic heterocycles. The predicted molar refractivity (Wildman–Crippen MR) is 106 cm³/mol. The molecule has 26 heavy (non-hydrogen) atoms. The summed E-state index contributed by atoms with van der Waals surface area (Å²) in [5.74, 6) is 0. The minimum absolute atomic E-state index is 0.186. The molecule has 5 heteroatoms. The van der Waals surface area contributed by atoms with Gasteiger partial charge in [-0.3, -0.25) is 4.90 Å². The zero-order valence-electron chi connectivity index (χ0n) is 16.0. The summed E-state index contributed by atoms with van der Waals surface area (Å²) >= 11 is 6.07. The Bertz CT molecular complexity index is 668. The number of hydrogen-bond donors (Lipinski definition) is 0. The fourth-order valence-electron chi connectivity index (χ4n) is 3.82. The standard InChI is InChI=1S/C21H29ClN2O2/c1-21(2,3)26-20(25)23-12-13-24-18(8-5-9-19(24)15-23)11-10-16-6-4-7-17(22)14-16/h4,6-7,10-11,14,18-19H,5,8-9,12-13,15H2,1-3H3/t18?,19-/m0/s1. The van der Waals surface area contributed by atoms with Gasteiger partial charge in [-0.2, -0.15) is 0 Å². The van der Waals surface area contributed by atoms with Crippen molar-refractivity contribution in [2.75, 3.05) is 19.6 Å². The fourth-order valence-corrected chi connectivity index (χ4v) is 4.02. The number of carbonyl (C=O) groups excluding carboxylic acids is 1. The van der Waals surface area contributed by atoms with Crippen molar-refractivity contribution in [2.24, 2.45) is 0 Å². The highest BCUT2D eigenvalue weighted by molar-refractivity contribution is 6.30. The van der Waals surface area contributed by atoms with Crippen LogP contribution in [0.4, 0.5) is 4.79 Å². The lowest BCUT2D eigenvalue weighted by Crippen LogP contribution is -2.59. The van der Waals surface area contributed by atoms with E-state index in [1.165, 1.54) is 12.8 Å². The molecular formula is C21H29ClN2O2. The molecule has 3 rings (SSSR count). The Balaban J connectivity index is 1.62. The molecule has 0 bridgehead atoms. The SMILES string of the molecule is CC(C)(C)OC(=O)N1CCN2C(C=Cc3cccc(Cl)c3)CCC[C@H]2C1. The molecule has 2 fully saturated rings. The average Bonchev–Trinajstić information content (AvgIpc) is 2.58. The second-order valence-electron chi connectivity index (χ2n) is 8.23. The summed E-state index contributed by atoms with van der Waals surface area (Å²) in [5, 5.41) is 0.764. The van der Waals surface area contributed by atoms with Gasteiger partial charge >= 0.3 is 6.09 Å². The van der Waals surface area contributed by atoms with Crippen LogP contribution in [0, 0.1) is 0 Å². The predicted octanol–water partition coefficient (Wildman–Crippen LogP) is 4.83. The van der Waals surface area contributed by atoms with Gasteiger partial charge in [0.05, 0.1) is 0 Å². The Morgan fingerprint density at radius 2 is 2.08 bits per heavy atom. The van der Waals surface area contributed by atoms with Gasteiger partial charge < -0.3 is 9.64 Å². The van der Waals surface area contributed by atoms with Gasteiger partial charge in [-0.1, -0.05) is 35.9 Å². The van der Waals surface area contributed by atoms with Crippen molar-refractivity contribution < 1.29 is 9.53 Å². The lowest BCUT2D eigenvalue weighted by molar-refractivity contribution is -0.0101. The summed E-state index contributed by atoms with van der Waals surface area (Å²) in [5.41, 5.74) is 0.690. The Labute approximate surface area is 161 Å². The molecule has 1 aromatic rings. The van der Waals surface area contributed by atoms with Gasteiger partial charge in [-0.05, 0) is 57.7 Å². The summed E-state index contributed by atoms with van der Waals surface area (Å²) in [6.45, 7) is 8.13. The van der Waals surface area contributed by atoms with Gasteiger partial charge in [0.25, 0.3) is 0 Å². The van der Waals surface area contributed by atoms with E-state index in [0.717, 1.165) is 36.6 Å². The number of nitrogens with zero attached hydrogens (tertiary/aromatic N) is 2. The summed E-state index contributed by atoms with van der Waals surface area (Å²) < 4.78 is 5.54. The smallest absolute Gasteiger partial charge is 0.410 e. The molecule has 1 unspecified atom stereocenters. The topological polar surface area (TPSA) is 32.8 Å². The molecule has 2 heterocycles. The lowest BCUT2D eigenvalue weighted by Gasteiger charge is -2.47. The van der Waals surface area contributed by atoms with Crippen molar-refractivity contribution in [3.63, 3.8) is 0 Å². The van der Waals surface area contributed by atoms with E-state index in [1.807, 2.05) is 43.9 Å². The first-order chi connectivity index (χ1) is 12.3. The Morgan fingerprint density at radius 3 is 2.81 bits per heavy atom. The van der Waals surface area contributed by atoms with Gasteiger partial charge in [0.15, 0.2) is 0 Å². The fraction of sp³-hybridized carbons (Fsp3) is 0.571. The van der Waals surface area contributed by atoms with Crippen LogP contribution in [0.1, 0.15) is 45.6 Å². The third kappa shape index (κ3) is 5.01. The Morgan fingerprint density at radius 1 is 1.27 bits per heavy atom. The number of rotatable bonds is 2. The molecule has 2 atom stereocenters. The van der Waals surface area contributed by atoms with Crippen LogP contribution in [0.3, 0.4) is 0 Å². The van der Waals surface area contributed by atoms with Crippen molar-refractivity contribution in [1.29, 1.82) is 0 Å². The van der Waals surface area contributed by atoms with Crippen LogP contribution < -0.4 is 0 Å². The van der Waals surface area contributed by atoms with Crippen LogP contribution in [0.25, 0.3) is 6.08 Å². The molecule has 0 radical (unpaired) electrons. The minimum Gasteiger partial charge on any atom is -0.444 e. The second-order valence-corrected chi connectivity index (χ2v) is 8.67. The van der Waals surface area contributed by atoms with Gasteiger partial charge in [0.1, 0.15) is 5.60 Å². The maximum absolute atomic E-state index is 12.4. The van der Waals surface area contributed by atoms with Crippen LogP contribution in [-0.2, 0) is 4.74 Å². The third-order valence-corrected chi connectivity index (χ3v) is 5.24. The first-order valence-corrected chi connectivity index (χ1v) is 9.87. The number of benzene rings is 1. The summed E-state index contributed by atoms with van der Waals surface area (Å²) in [6.07, 6.45) is 7.77. The number of halogens is 1. The monoisotopic (exact) mass is 376 g/mol. The van der Waals surface area contributed by atoms with Gasteiger partial charge in [0, 0.05) is 36.7 Å². The number of ether oxygens (including phenoxy) is 1. The van der Waals surface area contributed by atoms with Crippen molar-refractivity contribution in [1.82, 2.24) is 9.80 Å². The molecule has 0 aliphatic carbocycles. The van der Waals surface area contributed by atoms with Gasteiger partial charge in [0.2, 0.25) is 0 Å². The van der Waals surface area contributed by atoms with E-state index in [-0.39, 0.29) is 6.09 Å². The van der Waals surface area contributed by atoms with E-state index in [9.17, 15) is 4.79 Å². The van der Waals surface area contributed by atoms with Crippen LogP contribution >= 0.6 is 11.6 Å². The molecule has 2 saturated heterocycles. The number of carbonyl (C=O) groups is 1. The lowest BCUT2D eigenvalue weighted by atomic mass is 9.93. The molecule has 2 aliphatic heterocycles. The summed E-state index contributed by atoms with van der Waals surface area (Å²) in [6, 6.07) is 8.77. The molecule has 4 nitrogen and oxygen atoms in total. The highest BCUT2D eigenvalue weighted by Crippen LogP contribution is 2.28. The Hall–Kier alpha value is -1.52. The number of piperidine rings is 1. The molecule has 0 spiro atoms. The van der Waals surface area contributed by atoms with Gasteiger partial charge in [-0.25, -0.2) is 4.79 Å². The highest BCUT2D eigenvalue weighted by atomic mass is 35.5. The largest absolute Gasteiger partial charge is 0.444 e. The summed E-state index contributed by atoms with van der Waals surface area (Å²) in [4.78, 5) is 16.8. The molecule has 0 N–H and O–H groups in total. The minimum atomic E-state index is -0.441. The quantitative estimate of drug-likeness (QED) is 0.741. The van der Waals surface area contributed by atoms with Crippen molar-refractivity contribution in [2.45, 2.75) is 57.7 Å². The molecule has 2 aliphatic rings. The second kappa shape index (κ2) is 8.01. The number of amides is 1. The number of piperazine rings is 1. The number of fused-ring (bicyclic) bond motifs is 1. The third-order valence-electron chi connectivity index (χ3n) is 5.00. The molecule has 1 amide bonds. The average molecular weight is 377 g/mol. The van der Waals surface area contributed by atoms with Crippen LogP contribution in [0.2, 0.25) is 5.02 Å². The molecule has 142 valence electrons. The zero-order chi connectivity index (χ0) is 18.7. The molecular weight excluding hydrogens is 348 g/mol. The summed E-state index contributed by atoms with van der Waals surface area (Å²) in [7, 11) is 0. The van der Waals surface area contributed by atoms with Gasteiger partial charge in [-0.15, -0.1) is 0 Å². The van der Waals surface area contributed by atoms with E-state index >= 15 is 0 Å². The highest BCUT2D eigenvalue weighted by Gasteiger charge is 2.36. The van der Waals surface area contributed by atoms with E-state index < -0.39 is 5.60 Å². The Kier molecular flexibility index (Phi) is 5.93. The normalized spacial score (nSPS) is 24.5. The first kappa shape index (κ1) is 19.2. The van der Waals surface area contributed by atoms with E-state index in [0.29, 0.717) is 12.1 Å². The maximum atomic E-state index is 12.4. The van der Waals surface area contributed by atoms with E-state index in [2.05, 4.69) is 23.1 Å². The maximum Gasteiger partial charge on any atom is 0.410 e. The van der Waals surface area contributed by atoms with Crippen molar-refractivity contribution in [3.05, 3.63) is 40.9 Å². The van der Waals surface area contributed by atoms with Crippen molar-refractivity contribution >= 4 is 23.8 Å². The van der Waals surface area contributed by atoms with Crippen LogP contribution in [0.15, 0.2) is 30.3 Å². The number of hydrogen-bond acceptors (Lipinski definition) is 3. The zero-order valence-corrected chi connectivity index (χ0v) is 16.7. The van der Waals surface area contributed by atoms with Crippen LogP contribution in [0.5, 0.6) is 0 Å².